The van der Waals surface area contributed by atoms with Crippen LogP contribution in [-0.2, 0) is 16.1 Å². The fourth-order valence-electron chi connectivity index (χ4n) is 3.69. The lowest BCUT2D eigenvalue weighted by atomic mass is 9.89. The lowest BCUT2D eigenvalue weighted by Crippen LogP contribution is -2.34. The second-order valence-electron chi connectivity index (χ2n) is 6.93. The molecule has 5 heteroatoms. The number of nitrogens with zero attached hydrogens (tertiary/aromatic N) is 1. The molecule has 1 aliphatic heterocycles. The van der Waals surface area contributed by atoms with E-state index in [4.69, 9.17) is 10.8 Å². The van der Waals surface area contributed by atoms with Crippen molar-refractivity contribution in [2.45, 2.75) is 32.2 Å². The quantitative estimate of drug-likeness (QED) is 0.796. The number of allylic oxidation sites excluding steroid dienone is 4. The molecule has 0 atom stereocenters. The Bertz CT molecular complexity index is 778. The number of carboxylic acids is 1. The van der Waals surface area contributed by atoms with E-state index < -0.39 is 5.97 Å². The molecule has 1 heterocycles. The van der Waals surface area contributed by atoms with Crippen LogP contribution in [0.4, 0.5) is 0 Å². The molecule has 1 aromatic carbocycles. The van der Waals surface area contributed by atoms with Crippen LogP contribution in [0.15, 0.2) is 47.7 Å². The SMILES string of the molecule is NCc1ccc(C2=CC=C(N3CCC(CC(=O)O)CC3)CC2=C=O)cc1. The van der Waals surface area contributed by atoms with E-state index in [9.17, 15) is 9.59 Å². The molecule has 3 N–H and O–H groups in total. The molecule has 0 bridgehead atoms. The van der Waals surface area contributed by atoms with Crippen molar-refractivity contribution in [3.05, 3.63) is 58.8 Å². The first kappa shape index (κ1) is 18.2. The summed E-state index contributed by atoms with van der Waals surface area (Å²) in [6.45, 7) is 2.17. The van der Waals surface area contributed by atoms with Gasteiger partial charge in [0.15, 0.2) is 0 Å². The third kappa shape index (κ3) is 4.13. The molecule has 0 amide bonds. The van der Waals surface area contributed by atoms with E-state index in [1.54, 1.807) is 0 Å². The Kier molecular flexibility index (Phi) is 5.71. The van der Waals surface area contributed by atoms with Crippen LogP contribution >= 0.6 is 0 Å². The Morgan fingerprint density at radius 2 is 1.88 bits per heavy atom. The number of carbonyl (C=O) groups excluding carboxylic acids is 1. The van der Waals surface area contributed by atoms with E-state index in [-0.39, 0.29) is 12.3 Å². The molecule has 1 saturated heterocycles. The number of carbonyl (C=O) groups is 1. The smallest absolute Gasteiger partial charge is 0.303 e. The second kappa shape index (κ2) is 8.17. The second-order valence-corrected chi connectivity index (χ2v) is 6.93. The molecule has 0 radical (unpaired) electrons. The van der Waals surface area contributed by atoms with Crippen molar-refractivity contribution in [1.29, 1.82) is 0 Å². The molecular formula is C21H24N2O3. The van der Waals surface area contributed by atoms with Gasteiger partial charge in [-0.05, 0) is 41.5 Å². The van der Waals surface area contributed by atoms with Gasteiger partial charge in [-0.1, -0.05) is 30.3 Å². The molecular weight excluding hydrogens is 328 g/mol. The zero-order valence-corrected chi connectivity index (χ0v) is 14.8. The van der Waals surface area contributed by atoms with Crippen molar-refractivity contribution in [2.24, 2.45) is 11.7 Å². The van der Waals surface area contributed by atoms with Crippen LogP contribution in [0.1, 0.15) is 36.8 Å². The van der Waals surface area contributed by atoms with Gasteiger partial charge >= 0.3 is 5.97 Å². The predicted octanol–water partition coefficient (Wildman–Crippen LogP) is 2.76. The molecule has 136 valence electrons. The number of hydrogen-bond donors (Lipinski definition) is 2. The minimum atomic E-state index is -0.722. The van der Waals surface area contributed by atoms with E-state index in [0.717, 1.165) is 48.3 Å². The summed E-state index contributed by atoms with van der Waals surface area (Å²) in [5.41, 5.74) is 10.4. The van der Waals surface area contributed by atoms with Gasteiger partial charge in [0.2, 0.25) is 0 Å². The van der Waals surface area contributed by atoms with Gasteiger partial charge in [0.05, 0.1) is 0 Å². The van der Waals surface area contributed by atoms with Crippen molar-refractivity contribution in [2.75, 3.05) is 13.1 Å². The number of aliphatic carboxylic acids is 1. The molecule has 5 nitrogen and oxygen atoms in total. The van der Waals surface area contributed by atoms with Crippen molar-refractivity contribution in [3.8, 4) is 0 Å². The van der Waals surface area contributed by atoms with Crippen molar-refractivity contribution >= 4 is 17.5 Å². The van der Waals surface area contributed by atoms with Crippen LogP contribution in [0.3, 0.4) is 0 Å². The highest BCUT2D eigenvalue weighted by atomic mass is 16.4. The topological polar surface area (TPSA) is 83.6 Å². The molecule has 0 unspecified atom stereocenters. The number of rotatable bonds is 5. The number of piperidine rings is 1. The molecule has 0 aromatic heterocycles. The third-order valence-corrected chi connectivity index (χ3v) is 5.23. The maximum absolute atomic E-state index is 11.5. The first-order valence-corrected chi connectivity index (χ1v) is 9.02. The number of benzene rings is 1. The summed E-state index contributed by atoms with van der Waals surface area (Å²) in [7, 11) is 0. The zero-order valence-electron chi connectivity index (χ0n) is 14.8. The summed E-state index contributed by atoms with van der Waals surface area (Å²) >= 11 is 0. The van der Waals surface area contributed by atoms with E-state index in [0.29, 0.717) is 18.5 Å². The van der Waals surface area contributed by atoms with Crippen molar-refractivity contribution < 1.29 is 14.7 Å². The highest BCUT2D eigenvalue weighted by Crippen LogP contribution is 2.33. The van der Waals surface area contributed by atoms with E-state index in [1.807, 2.05) is 30.3 Å². The Labute approximate surface area is 153 Å². The van der Waals surface area contributed by atoms with Crippen LogP contribution in [0.5, 0.6) is 0 Å². The molecule has 0 saturated carbocycles. The summed E-state index contributed by atoms with van der Waals surface area (Å²) in [5, 5.41) is 8.93. The fourth-order valence-corrected chi connectivity index (χ4v) is 3.69. The molecule has 0 spiro atoms. The lowest BCUT2D eigenvalue weighted by Gasteiger charge is -2.35. The van der Waals surface area contributed by atoms with Crippen LogP contribution in [0.25, 0.3) is 5.57 Å². The van der Waals surface area contributed by atoms with Crippen molar-refractivity contribution in [3.63, 3.8) is 0 Å². The Hall–Kier alpha value is -2.62. The lowest BCUT2D eigenvalue weighted by molar-refractivity contribution is -0.138. The van der Waals surface area contributed by atoms with Crippen LogP contribution in [0.2, 0.25) is 0 Å². The van der Waals surface area contributed by atoms with Crippen LogP contribution < -0.4 is 5.73 Å². The van der Waals surface area contributed by atoms with Crippen LogP contribution in [0, 0.1) is 5.92 Å². The fraction of sp³-hybridized carbons (Fsp3) is 0.381. The van der Waals surface area contributed by atoms with E-state index in [2.05, 4.69) is 16.9 Å². The van der Waals surface area contributed by atoms with Gasteiger partial charge in [0.25, 0.3) is 0 Å². The minimum absolute atomic E-state index is 0.245. The third-order valence-electron chi connectivity index (χ3n) is 5.23. The largest absolute Gasteiger partial charge is 0.481 e. The predicted molar refractivity (Wildman–Crippen MR) is 101 cm³/mol. The average Bonchev–Trinajstić information content (AvgIpc) is 2.68. The van der Waals surface area contributed by atoms with Gasteiger partial charge in [-0.2, -0.15) is 0 Å². The van der Waals surface area contributed by atoms with E-state index in [1.165, 1.54) is 0 Å². The maximum Gasteiger partial charge on any atom is 0.303 e. The Balaban J connectivity index is 1.73. The normalized spacial score (nSPS) is 18.2. The standard InChI is InChI=1S/C21H24N2O3/c22-13-16-1-3-17(4-2-16)20-6-5-19(12-18(20)14-24)23-9-7-15(8-10-23)11-21(25)26/h1-6,15H,7-13,22H2,(H,25,26). The summed E-state index contributed by atoms with van der Waals surface area (Å²) in [6.07, 6.45) is 6.62. The molecule has 1 aliphatic carbocycles. The number of hydrogen-bond acceptors (Lipinski definition) is 4. The van der Waals surface area contributed by atoms with Gasteiger partial charge < -0.3 is 15.7 Å². The van der Waals surface area contributed by atoms with E-state index >= 15 is 0 Å². The van der Waals surface area contributed by atoms with Crippen LogP contribution in [-0.4, -0.2) is 35.0 Å². The van der Waals surface area contributed by atoms with Gasteiger partial charge in [-0.25, -0.2) is 4.79 Å². The highest BCUT2D eigenvalue weighted by Gasteiger charge is 2.25. The molecule has 26 heavy (non-hydrogen) atoms. The molecule has 3 rings (SSSR count). The minimum Gasteiger partial charge on any atom is -0.481 e. The van der Waals surface area contributed by atoms with Gasteiger partial charge in [0.1, 0.15) is 5.94 Å². The first-order chi connectivity index (χ1) is 12.6. The summed E-state index contributed by atoms with van der Waals surface area (Å²) in [5.74, 6) is 1.64. The van der Waals surface area contributed by atoms with Gasteiger partial charge in [0, 0.05) is 43.7 Å². The summed E-state index contributed by atoms with van der Waals surface area (Å²) < 4.78 is 0. The van der Waals surface area contributed by atoms with Gasteiger partial charge in [-0.3, -0.25) is 4.79 Å². The number of likely N-dealkylation sites (tertiary alicyclic amines) is 1. The molecule has 1 aromatic rings. The maximum atomic E-state index is 11.5. The van der Waals surface area contributed by atoms with Gasteiger partial charge in [-0.15, -0.1) is 0 Å². The first-order valence-electron chi connectivity index (χ1n) is 9.02. The number of carboxylic acid groups (broad SMARTS) is 1. The average molecular weight is 352 g/mol. The summed E-state index contributed by atoms with van der Waals surface area (Å²) in [6, 6.07) is 7.93. The molecule has 1 fully saturated rings. The molecule has 2 aliphatic rings. The highest BCUT2D eigenvalue weighted by molar-refractivity contribution is 5.89. The zero-order chi connectivity index (χ0) is 18.5. The Morgan fingerprint density at radius 1 is 1.19 bits per heavy atom. The Morgan fingerprint density at radius 3 is 2.46 bits per heavy atom. The number of nitrogens with two attached hydrogens (primary N) is 1. The monoisotopic (exact) mass is 352 g/mol. The summed E-state index contributed by atoms with van der Waals surface area (Å²) in [4.78, 5) is 24.7. The van der Waals surface area contributed by atoms with Crippen molar-refractivity contribution in [1.82, 2.24) is 4.90 Å².